The van der Waals surface area contributed by atoms with Crippen LogP contribution >= 0.6 is 0 Å². The van der Waals surface area contributed by atoms with E-state index in [1.54, 1.807) is 0 Å². The number of carboxylic acid groups (broad SMARTS) is 1. The first-order valence-electron chi connectivity index (χ1n) is 15.3. The van der Waals surface area contributed by atoms with Crippen LogP contribution in [0.1, 0.15) is 113 Å². The fourth-order valence-electron chi connectivity index (χ4n) is 7.96. The Morgan fingerprint density at radius 3 is 2.44 bits per heavy atom. The molecule has 0 bridgehead atoms. The molecule has 5 heteroatoms. The van der Waals surface area contributed by atoms with Crippen LogP contribution in [0.5, 0.6) is 0 Å². The van der Waals surface area contributed by atoms with Crippen molar-refractivity contribution >= 4 is 11.9 Å². The SMILES string of the molecule is C=C(CC[C@H](C(=O)O)[C@H]1C[C@H](OC(C)=O)[C@@]2(C)C3=CC[C@@H](C(C)(C)[C@@H](O)CCCC)CC3=CC[C@]12C)C(C)C. The number of esters is 1. The average Bonchev–Trinajstić information content (AvgIpc) is 3.08. The van der Waals surface area contributed by atoms with Gasteiger partial charge in [-0.3, -0.25) is 9.59 Å². The maximum absolute atomic E-state index is 12.7. The molecule has 5 nitrogen and oxygen atoms in total. The van der Waals surface area contributed by atoms with Gasteiger partial charge in [-0.25, -0.2) is 0 Å². The van der Waals surface area contributed by atoms with Gasteiger partial charge in [0.25, 0.3) is 0 Å². The molecule has 3 rings (SSSR count). The van der Waals surface area contributed by atoms with Crippen molar-refractivity contribution in [2.45, 2.75) is 125 Å². The van der Waals surface area contributed by atoms with Gasteiger partial charge in [-0.05, 0) is 84.7 Å². The van der Waals surface area contributed by atoms with Gasteiger partial charge in [-0.15, -0.1) is 0 Å². The van der Waals surface area contributed by atoms with Crippen LogP contribution in [0.2, 0.25) is 0 Å². The molecular formula is C34H54O5. The van der Waals surface area contributed by atoms with Crippen LogP contribution in [-0.4, -0.2) is 34.4 Å². The number of fused-ring (bicyclic) bond motifs is 3. The zero-order valence-electron chi connectivity index (χ0n) is 25.8. The highest BCUT2D eigenvalue weighted by molar-refractivity contribution is 5.71. The van der Waals surface area contributed by atoms with E-state index in [1.165, 1.54) is 18.1 Å². The Labute approximate surface area is 237 Å². The molecule has 0 spiro atoms. The van der Waals surface area contributed by atoms with Crippen molar-refractivity contribution in [1.82, 2.24) is 0 Å². The predicted octanol–water partition coefficient (Wildman–Crippen LogP) is 7.89. The summed E-state index contributed by atoms with van der Waals surface area (Å²) in [5.74, 6) is -1.07. The first-order chi connectivity index (χ1) is 18.1. The van der Waals surface area contributed by atoms with Crippen LogP contribution in [0.4, 0.5) is 0 Å². The molecule has 0 radical (unpaired) electrons. The molecule has 0 aliphatic heterocycles. The van der Waals surface area contributed by atoms with Crippen LogP contribution in [-0.2, 0) is 14.3 Å². The standard InChI is InChI=1S/C34H54O5/c1-10-11-12-29(36)32(6,7)25-14-16-27-24(19-25)17-18-33(8)28(20-30(34(27,33)9)39-23(5)35)26(31(37)38)15-13-22(4)21(2)3/h16-17,21,25-26,28-30,36H,4,10-15,18-20H2,1-3,5-9H3,(H,37,38)/t25-,26+,28-,29+,30+,33-,34-/m1/s1. The summed E-state index contributed by atoms with van der Waals surface area (Å²) in [6, 6.07) is 0. The van der Waals surface area contributed by atoms with Crippen LogP contribution in [0.3, 0.4) is 0 Å². The molecule has 3 aliphatic rings. The van der Waals surface area contributed by atoms with E-state index in [0.717, 1.165) is 44.1 Å². The van der Waals surface area contributed by atoms with Gasteiger partial charge in [-0.1, -0.05) is 85.6 Å². The van der Waals surface area contributed by atoms with Crippen LogP contribution < -0.4 is 0 Å². The van der Waals surface area contributed by atoms with Crippen LogP contribution in [0.25, 0.3) is 0 Å². The Kier molecular flexibility index (Phi) is 9.68. The number of ether oxygens (including phenoxy) is 1. The lowest BCUT2D eigenvalue weighted by molar-refractivity contribution is -0.152. The van der Waals surface area contributed by atoms with Gasteiger partial charge in [0.1, 0.15) is 6.10 Å². The maximum atomic E-state index is 12.7. The maximum Gasteiger partial charge on any atom is 0.306 e. The van der Waals surface area contributed by atoms with Crippen molar-refractivity contribution in [3.8, 4) is 0 Å². The van der Waals surface area contributed by atoms with E-state index >= 15 is 0 Å². The molecule has 0 amide bonds. The first-order valence-corrected chi connectivity index (χ1v) is 15.3. The summed E-state index contributed by atoms with van der Waals surface area (Å²) < 4.78 is 6.04. The second-order valence-electron chi connectivity index (χ2n) is 14.0. The van der Waals surface area contributed by atoms with E-state index in [9.17, 15) is 19.8 Å². The van der Waals surface area contributed by atoms with Crippen molar-refractivity contribution in [1.29, 1.82) is 0 Å². The van der Waals surface area contributed by atoms with Crippen LogP contribution in [0.15, 0.2) is 35.5 Å². The van der Waals surface area contributed by atoms with Gasteiger partial charge < -0.3 is 14.9 Å². The Hall–Kier alpha value is -1.88. The molecule has 1 fully saturated rings. The highest BCUT2D eigenvalue weighted by Crippen LogP contribution is 2.69. The molecule has 0 aromatic rings. The fourth-order valence-corrected chi connectivity index (χ4v) is 7.96. The Balaban J connectivity index is 1.98. The smallest absolute Gasteiger partial charge is 0.306 e. The lowest BCUT2D eigenvalue weighted by Gasteiger charge is -2.53. The second kappa shape index (κ2) is 11.9. The molecule has 1 saturated carbocycles. The first kappa shape index (κ1) is 31.6. The number of carboxylic acids is 1. The largest absolute Gasteiger partial charge is 0.481 e. The Morgan fingerprint density at radius 2 is 1.87 bits per heavy atom. The molecular weight excluding hydrogens is 488 g/mol. The van der Waals surface area contributed by atoms with E-state index in [4.69, 9.17) is 4.74 Å². The number of allylic oxidation sites excluding steroid dienone is 4. The van der Waals surface area contributed by atoms with Crippen molar-refractivity contribution in [3.05, 3.63) is 35.5 Å². The molecule has 39 heavy (non-hydrogen) atoms. The van der Waals surface area contributed by atoms with Gasteiger partial charge in [-0.2, -0.15) is 0 Å². The average molecular weight is 543 g/mol. The summed E-state index contributed by atoms with van der Waals surface area (Å²) in [5, 5.41) is 21.5. The molecule has 0 unspecified atom stereocenters. The summed E-state index contributed by atoms with van der Waals surface area (Å²) in [4.78, 5) is 25.0. The summed E-state index contributed by atoms with van der Waals surface area (Å²) in [7, 11) is 0. The fraction of sp³-hybridized carbons (Fsp3) is 0.765. The minimum atomic E-state index is -0.765. The van der Waals surface area contributed by atoms with E-state index in [0.29, 0.717) is 31.1 Å². The molecule has 2 N–H and O–H groups in total. The van der Waals surface area contributed by atoms with E-state index in [-0.39, 0.29) is 34.9 Å². The zero-order chi connectivity index (χ0) is 29.3. The van der Waals surface area contributed by atoms with Gasteiger partial charge >= 0.3 is 11.9 Å². The van der Waals surface area contributed by atoms with Gasteiger partial charge in [0.05, 0.1) is 12.0 Å². The van der Waals surface area contributed by atoms with E-state index < -0.39 is 17.3 Å². The van der Waals surface area contributed by atoms with Gasteiger partial charge in [0.15, 0.2) is 0 Å². The lowest BCUT2D eigenvalue weighted by atomic mass is 9.51. The summed E-state index contributed by atoms with van der Waals surface area (Å²) in [6.45, 7) is 20.8. The number of aliphatic hydroxyl groups excluding tert-OH is 1. The molecule has 7 atom stereocenters. The van der Waals surface area contributed by atoms with Crippen molar-refractivity contribution in [3.63, 3.8) is 0 Å². The minimum Gasteiger partial charge on any atom is -0.481 e. The minimum absolute atomic E-state index is 0.118. The van der Waals surface area contributed by atoms with Crippen molar-refractivity contribution < 1.29 is 24.5 Å². The quantitative estimate of drug-likeness (QED) is 0.193. The highest BCUT2D eigenvalue weighted by Gasteiger charge is 2.66. The number of hydrogen-bond donors (Lipinski definition) is 2. The number of carbonyl (C=O) groups is 2. The van der Waals surface area contributed by atoms with Crippen LogP contribution in [0, 0.1) is 39.9 Å². The lowest BCUT2D eigenvalue weighted by Crippen LogP contribution is -2.49. The number of aliphatic hydroxyl groups is 1. The predicted molar refractivity (Wildman–Crippen MR) is 157 cm³/mol. The molecule has 0 aromatic carbocycles. The highest BCUT2D eigenvalue weighted by atomic mass is 16.5. The number of aliphatic carboxylic acids is 1. The summed E-state index contributed by atoms with van der Waals surface area (Å²) in [5.41, 5.74) is 2.58. The zero-order valence-corrected chi connectivity index (χ0v) is 25.8. The number of rotatable bonds is 12. The third-order valence-corrected chi connectivity index (χ3v) is 11.3. The van der Waals surface area contributed by atoms with Crippen molar-refractivity contribution in [2.75, 3.05) is 0 Å². The Bertz CT molecular complexity index is 1000. The normalized spacial score (nSPS) is 32.0. The van der Waals surface area contributed by atoms with E-state index in [1.807, 2.05) is 0 Å². The molecule has 0 aromatic heterocycles. The monoisotopic (exact) mass is 542 g/mol. The van der Waals surface area contributed by atoms with Gasteiger partial charge in [0.2, 0.25) is 0 Å². The van der Waals surface area contributed by atoms with Crippen molar-refractivity contribution in [2.24, 2.45) is 39.9 Å². The molecule has 0 heterocycles. The van der Waals surface area contributed by atoms with Gasteiger partial charge in [0, 0.05) is 12.3 Å². The number of carbonyl (C=O) groups excluding carboxylic acids is 1. The second-order valence-corrected chi connectivity index (χ2v) is 14.0. The molecule has 3 aliphatic carbocycles. The summed E-state index contributed by atoms with van der Waals surface area (Å²) >= 11 is 0. The number of hydrogen-bond acceptors (Lipinski definition) is 4. The third kappa shape index (κ3) is 5.80. The third-order valence-electron chi connectivity index (χ3n) is 11.3. The molecule has 0 saturated heterocycles. The molecule has 220 valence electrons. The van der Waals surface area contributed by atoms with E-state index in [2.05, 4.69) is 67.2 Å². The Morgan fingerprint density at radius 1 is 1.21 bits per heavy atom. The topological polar surface area (TPSA) is 83.8 Å². The number of unbranched alkanes of at least 4 members (excludes halogenated alkanes) is 1. The summed E-state index contributed by atoms with van der Waals surface area (Å²) in [6.07, 6.45) is 11.2.